The summed E-state index contributed by atoms with van der Waals surface area (Å²) in [5.41, 5.74) is 1.64. The molecule has 0 saturated heterocycles. The van der Waals surface area contributed by atoms with Crippen LogP contribution in [0.3, 0.4) is 0 Å². The number of aromatic nitrogens is 3. The zero-order valence-corrected chi connectivity index (χ0v) is 13.3. The summed E-state index contributed by atoms with van der Waals surface area (Å²) in [7, 11) is 0. The van der Waals surface area contributed by atoms with Crippen LogP contribution in [0.2, 0.25) is 0 Å². The molecule has 7 heteroatoms. The standard InChI is InChI=1S/C17H16N4O3/c1-11-8-16(20-17(18-11)13-6-4-3-5-7-13)23-10-15(22)19-14-9-12(2)24-21-14/h3-9H,10H2,1-2H3,(H,19,21,22). The van der Waals surface area contributed by atoms with Crippen molar-refractivity contribution in [1.82, 2.24) is 15.1 Å². The molecule has 1 N–H and O–H groups in total. The van der Waals surface area contributed by atoms with E-state index >= 15 is 0 Å². The third-order valence-corrected chi connectivity index (χ3v) is 3.11. The fourth-order valence-electron chi connectivity index (χ4n) is 2.07. The van der Waals surface area contributed by atoms with Crippen LogP contribution in [0.4, 0.5) is 5.82 Å². The van der Waals surface area contributed by atoms with Gasteiger partial charge in [0.2, 0.25) is 5.88 Å². The molecule has 24 heavy (non-hydrogen) atoms. The number of carbonyl (C=O) groups excluding carboxylic acids is 1. The van der Waals surface area contributed by atoms with E-state index in [1.54, 1.807) is 19.1 Å². The Morgan fingerprint density at radius 3 is 2.67 bits per heavy atom. The lowest BCUT2D eigenvalue weighted by atomic mass is 10.2. The zero-order valence-electron chi connectivity index (χ0n) is 13.3. The first-order valence-corrected chi connectivity index (χ1v) is 7.37. The molecule has 0 spiro atoms. The number of ether oxygens (including phenoxy) is 1. The Balaban J connectivity index is 1.67. The molecule has 0 aliphatic heterocycles. The lowest BCUT2D eigenvalue weighted by Crippen LogP contribution is -2.20. The van der Waals surface area contributed by atoms with E-state index < -0.39 is 0 Å². The molecule has 122 valence electrons. The number of benzene rings is 1. The van der Waals surface area contributed by atoms with Crippen LogP contribution in [0.25, 0.3) is 11.4 Å². The molecule has 3 rings (SSSR count). The Morgan fingerprint density at radius 2 is 1.96 bits per heavy atom. The Hall–Kier alpha value is -3.22. The summed E-state index contributed by atoms with van der Waals surface area (Å²) in [5, 5.41) is 6.27. The minimum absolute atomic E-state index is 0.184. The van der Waals surface area contributed by atoms with Gasteiger partial charge in [0, 0.05) is 23.4 Å². The monoisotopic (exact) mass is 324 g/mol. The van der Waals surface area contributed by atoms with Gasteiger partial charge in [-0.1, -0.05) is 35.5 Å². The van der Waals surface area contributed by atoms with Gasteiger partial charge >= 0.3 is 0 Å². The van der Waals surface area contributed by atoms with Gasteiger partial charge in [0.05, 0.1) is 0 Å². The molecular weight excluding hydrogens is 308 g/mol. The highest BCUT2D eigenvalue weighted by atomic mass is 16.5. The molecule has 0 saturated carbocycles. The number of amides is 1. The van der Waals surface area contributed by atoms with Gasteiger partial charge < -0.3 is 14.6 Å². The van der Waals surface area contributed by atoms with Gasteiger partial charge in [0.1, 0.15) is 5.76 Å². The predicted molar refractivity (Wildman–Crippen MR) is 87.6 cm³/mol. The third kappa shape index (κ3) is 3.95. The van der Waals surface area contributed by atoms with Crippen molar-refractivity contribution < 1.29 is 14.1 Å². The maximum atomic E-state index is 11.9. The first-order chi connectivity index (χ1) is 11.6. The lowest BCUT2D eigenvalue weighted by Gasteiger charge is -2.08. The second-order valence-electron chi connectivity index (χ2n) is 5.20. The quantitative estimate of drug-likeness (QED) is 0.776. The molecule has 0 radical (unpaired) electrons. The van der Waals surface area contributed by atoms with Crippen molar-refractivity contribution in [2.24, 2.45) is 0 Å². The first kappa shape index (κ1) is 15.7. The first-order valence-electron chi connectivity index (χ1n) is 7.37. The highest BCUT2D eigenvalue weighted by Crippen LogP contribution is 2.18. The average Bonchev–Trinajstić information content (AvgIpc) is 2.98. The van der Waals surface area contributed by atoms with E-state index in [1.807, 2.05) is 37.3 Å². The average molecular weight is 324 g/mol. The van der Waals surface area contributed by atoms with Crippen LogP contribution in [0.1, 0.15) is 11.5 Å². The van der Waals surface area contributed by atoms with Crippen LogP contribution >= 0.6 is 0 Å². The predicted octanol–water partition coefficient (Wildman–Crippen LogP) is 2.77. The van der Waals surface area contributed by atoms with Crippen LogP contribution in [0, 0.1) is 13.8 Å². The van der Waals surface area contributed by atoms with Crippen LogP contribution in [-0.2, 0) is 4.79 Å². The Bertz CT molecular complexity index is 846. The number of nitrogens with zero attached hydrogens (tertiary/aromatic N) is 3. The Morgan fingerprint density at radius 1 is 1.17 bits per heavy atom. The van der Waals surface area contributed by atoms with E-state index in [0.29, 0.717) is 23.3 Å². The topological polar surface area (TPSA) is 90.1 Å². The fraction of sp³-hybridized carbons (Fsp3) is 0.176. The minimum atomic E-state index is -0.346. The van der Waals surface area contributed by atoms with Gasteiger partial charge in [-0.15, -0.1) is 0 Å². The van der Waals surface area contributed by atoms with E-state index in [0.717, 1.165) is 11.3 Å². The van der Waals surface area contributed by atoms with Gasteiger partial charge in [0.15, 0.2) is 18.2 Å². The minimum Gasteiger partial charge on any atom is -0.467 e. The van der Waals surface area contributed by atoms with E-state index in [4.69, 9.17) is 9.26 Å². The largest absolute Gasteiger partial charge is 0.467 e. The molecule has 0 aliphatic rings. The third-order valence-electron chi connectivity index (χ3n) is 3.11. The van der Waals surface area contributed by atoms with E-state index in [-0.39, 0.29) is 12.5 Å². The summed E-state index contributed by atoms with van der Waals surface area (Å²) in [6, 6.07) is 12.9. The second kappa shape index (κ2) is 6.91. The molecular formula is C17H16N4O3. The van der Waals surface area contributed by atoms with Gasteiger partial charge in [-0.25, -0.2) is 4.98 Å². The highest BCUT2D eigenvalue weighted by molar-refractivity contribution is 5.90. The number of rotatable bonds is 5. The normalized spacial score (nSPS) is 10.4. The molecule has 7 nitrogen and oxygen atoms in total. The number of carbonyl (C=O) groups is 1. The summed E-state index contributed by atoms with van der Waals surface area (Å²) in [5.74, 6) is 1.52. The van der Waals surface area contributed by atoms with E-state index in [2.05, 4.69) is 20.4 Å². The number of hydrogen-bond donors (Lipinski definition) is 1. The Kier molecular flexibility index (Phi) is 4.51. The number of hydrogen-bond acceptors (Lipinski definition) is 6. The SMILES string of the molecule is Cc1cc(OCC(=O)Nc2cc(C)on2)nc(-c2ccccc2)n1. The molecule has 1 amide bonds. The van der Waals surface area contributed by atoms with Crippen molar-refractivity contribution in [1.29, 1.82) is 0 Å². The summed E-state index contributed by atoms with van der Waals surface area (Å²) < 4.78 is 10.4. The summed E-state index contributed by atoms with van der Waals surface area (Å²) in [6.45, 7) is 3.41. The van der Waals surface area contributed by atoms with Crippen LogP contribution < -0.4 is 10.1 Å². The van der Waals surface area contributed by atoms with Crippen LogP contribution in [0.15, 0.2) is 47.0 Å². The van der Waals surface area contributed by atoms with Crippen LogP contribution in [-0.4, -0.2) is 27.6 Å². The number of nitrogens with one attached hydrogen (secondary N) is 1. The van der Waals surface area contributed by atoms with E-state index in [1.165, 1.54) is 0 Å². The molecule has 0 aliphatic carbocycles. The van der Waals surface area contributed by atoms with Crippen molar-refractivity contribution in [3.63, 3.8) is 0 Å². The van der Waals surface area contributed by atoms with Crippen molar-refractivity contribution in [3.05, 3.63) is 53.9 Å². The summed E-state index contributed by atoms with van der Waals surface area (Å²) >= 11 is 0. The summed E-state index contributed by atoms with van der Waals surface area (Å²) in [4.78, 5) is 20.6. The maximum absolute atomic E-state index is 11.9. The fourth-order valence-corrected chi connectivity index (χ4v) is 2.07. The molecule has 3 aromatic rings. The van der Waals surface area contributed by atoms with Gasteiger partial charge in [-0.2, -0.15) is 4.98 Å². The molecule has 0 atom stereocenters. The highest BCUT2D eigenvalue weighted by Gasteiger charge is 2.10. The smallest absolute Gasteiger partial charge is 0.263 e. The molecule has 0 unspecified atom stereocenters. The van der Waals surface area contributed by atoms with Gasteiger partial charge in [0.25, 0.3) is 5.91 Å². The maximum Gasteiger partial charge on any atom is 0.263 e. The molecule has 2 heterocycles. The van der Waals surface area contributed by atoms with Crippen molar-refractivity contribution in [2.75, 3.05) is 11.9 Å². The van der Waals surface area contributed by atoms with Gasteiger partial charge in [-0.05, 0) is 13.8 Å². The molecule has 0 bridgehead atoms. The van der Waals surface area contributed by atoms with Gasteiger partial charge in [-0.3, -0.25) is 4.79 Å². The number of aryl methyl sites for hydroxylation is 2. The molecule has 2 aromatic heterocycles. The molecule has 1 aromatic carbocycles. The molecule has 0 fully saturated rings. The zero-order chi connectivity index (χ0) is 16.9. The van der Waals surface area contributed by atoms with Crippen molar-refractivity contribution in [3.8, 4) is 17.3 Å². The lowest BCUT2D eigenvalue weighted by molar-refractivity contribution is -0.118. The summed E-state index contributed by atoms with van der Waals surface area (Å²) in [6.07, 6.45) is 0. The van der Waals surface area contributed by atoms with Crippen LogP contribution in [0.5, 0.6) is 5.88 Å². The van der Waals surface area contributed by atoms with Crippen molar-refractivity contribution >= 4 is 11.7 Å². The van der Waals surface area contributed by atoms with E-state index in [9.17, 15) is 4.79 Å². The Labute approximate surface area is 138 Å². The van der Waals surface area contributed by atoms with Crippen molar-refractivity contribution in [2.45, 2.75) is 13.8 Å². The number of anilines is 1. The second-order valence-corrected chi connectivity index (χ2v) is 5.20.